The number of hydrogen-bond acceptors (Lipinski definition) is 0. The Morgan fingerprint density at radius 3 is 2.18 bits per heavy atom. The van der Waals surface area contributed by atoms with Gasteiger partial charge in [0.25, 0.3) is 0 Å². The van der Waals surface area contributed by atoms with Crippen molar-refractivity contribution < 1.29 is 4.57 Å². The van der Waals surface area contributed by atoms with Crippen molar-refractivity contribution in [3.63, 3.8) is 0 Å². The molecule has 0 aliphatic heterocycles. The van der Waals surface area contributed by atoms with Gasteiger partial charge in [0.15, 0.2) is 5.69 Å². The summed E-state index contributed by atoms with van der Waals surface area (Å²) in [7, 11) is 2.14. The molecule has 0 saturated carbocycles. The number of pyridine rings is 1. The SMILES string of the molecule is Cc1ccc(C)c(-c2ccc(C)c(C)[n+]2C)c1. The van der Waals surface area contributed by atoms with E-state index in [1.165, 1.54) is 33.6 Å². The van der Waals surface area contributed by atoms with Gasteiger partial charge in [-0.25, -0.2) is 0 Å². The minimum Gasteiger partial charge on any atom is -0.198 e. The van der Waals surface area contributed by atoms with Gasteiger partial charge in [0, 0.05) is 24.1 Å². The van der Waals surface area contributed by atoms with Crippen LogP contribution in [0.5, 0.6) is 0 Å². The highest BCUT2D eigenvalue weighted by Gasteiger charge is 2.15. The van der Waals surface area contributed by atoms with E-state index in [0.717, 1.165) is 0 Å². The molecule has 1 heteroatoms. The molecule has 0 aliphatic carbocycles. The summed E-state index contributed by atoms with van der Waals surface area (Å²) in [5, 5.41) is 0. The Hall–Kier alpha value is -1.63. The van der Waals surface area contributed by atoms with Crippen LogP contribution in [-0.2, 0) is 7.05 Å². The Labute approximate surface area is 104 Å². The van der Waals surface area contributed by atoms with E-state index in [1.807, 2.05) is 0 Å². The Morgan fingerprint density at radius 1 is 0.824 bits per heavy atom. The molecular weight excluding hydrogens is 206 g/mol. The highest BCUT2D eigenvalue weighted by atomic mass is 14.9. The molecule has 0 unspecified atom stereocenters. The van der Waals surface area contributed by atoms with E-state index in [4.69, 9.17) is 0 Å². The molecule has 0 fully saturated rings. The van der Waals surface area contributed by atoms with E-state index in [9.17, 15) is 0 Å². The van der Waals surface area contributed by atoms with Crippen LogP contribution in [0, 0.1) is 27.7 Å². The zero-order valence-electron chi connectivity index (χ0n) is 11.3. The first kappa shape index (κ1) is 11.8. The summed E-state index contributed by atoms with van der Waals surface area (Å²) in [5.74, 6) is 0. The zero-order chi connectivity index (χ0) is 12.6. The van der Waals surface area contributed by atoms with Gasteiger partial charge in [-0.2, -0.15) is 4.57 Å². The highest BCUT2D eigenvalue weighted by molar-refractivity contribution is 5.62. The summed E-state index contributed by atoms with van der Waals surface area (Å²) < 4.78 is 2.27. The van der Waals surface area contributed by atoms with Crippen LogP contribution in [0.3, 0.4) is 0 Å². The van der Waals surface area contributed by atoms with Crippen molar-refractivity contribution in [3.8, 4) is 11.3 Å². The largest absolute Gasteiger partial charge is 0.212 e. The fraction of sp³-hybridized carbons (Fsp3) is 0.312. The molecule has 0 atom stereocenters. The first-order valence-electron chi connectivity index (χ1n) is 6.04. The number of rotatable bonds is 1. The molecule has 0 N–H and O–H groups in total. The standard InChI is InChI=1S/C16H20N/c1-11-6-7-13(3)15(10-11)16-9-8-12(2)14(4)17(16)5/h6-10H,1-5H3/q+1. The molecule has 1 aromatic heterocycles. The summed E-state index contributed by atoms with van der Waals surface area (Å²) in [6.45, 7) is 8.64. The van der Waals surface area contributed by atoms with Crippen LogP contribution < -0.4 is 4.57 Å². The first-order chi connectivity index (χ1) is 8.00. The van der Waals surface area contributed by atoms with Crippen LogP contribution in [0.15, 0.2) is 30.3 Å². The van der Waals surface area contributed by atoms with Crippen LogP contribution in [0.25, 0.3) is 11.3 Å². The van der Waals surface area contributed by atoms with Crippen molar-refractivity contribution in [1.82, 2.24) is 0 Å². The number of benzene rings is 1. The molecule has 0 bridgehead atoms. The third kappa shape index (κ3) is 2.10. The van der Waals surface area contributed by atoms with Crippen molar-refractivity contribution in [2.45, 2.75) is 27.7 Å². The van der Waals surface area contributed by atoms with Crippen LogP contribution in [0.1, 0.15) is 22.4 Å². The minimum atomic E-state index is 1.29. The van der Waals surface area contributed by atoms with Crippen molar-refractivity contribution in [2.24, 2.45) is 7.05 Å². The van der Waals surface area contributed by atoms with E-state index >= 15 is 0 Å². The van der Waals surface area contributed by atoms with Crippen molar-refractivity contribution >= 4 is 0 Å². The molecule has 1 heterocycles. The second kappa shape index (κ2) is 4.33. The molecule has 0 saturated heterocycles. The summed E-state index contributed by atoms with van der Waals surface area (Å²) in [5.41, 5.74) is 7.91. The summed E-state index contributed by atoms with van der Waals surface area (Å²) in [6, 6.07) is 11.0. The van der Waals surface area contributed by atoms with Crippen LogP contribution >= 0.6 is 0 Å². The first-order valence-corrected chi connectivity index (χ1v) is 6.04. The maximum Gasteiger partial charge on any atom is 0.212 e. The Bertz CT molecular complexity index is 568. The van der Waals surface area contributed by atoms with Gasteiger partial charge >= 0.3 is 0 Å². The second-order valence-corrected chi connectivity index (χ2v) is 4.86. The van der Waals surface area contributed by atoms with Gasteiger partial charge < -0.3 is 0 Å². The van der Waals surface area contributed by atoms with E-state index in [-0.39, 0.29) is 0 Å². The lowest BCUT2D eigenvalue weighted by molar-refractivity contribution is -0.667. The van der Waals surface area contributed by atoms with Gasteiger partial charge in [-0.15, -0.1) is 0 Å². The minimum absolute atomic E-state index is 1.29. The maximum atomic E-state index is 2.27. The molecule has 2 rings (SSSR count). The molecule has 0 aliphatic rings. The second-order valence-electron chi connectivity index (χ2n) is 4.86. The molecule has 1 nitrogen and oxygen atoms in total. The van der Waals surface area contributed by atoms with Gasteiger partial charge in [-0.3, -0.25) is 0 Å². The molecule has 2 aromatic rings. The van der Waals surface area contributed by atoms with Crippen molar-refractivity contribution in [2.75, 3.05) is 0 Å². The Balaban J connectivity index is 2.69. The molecule has 0 spiro atoms. The Morgan fingerprint density at radius 2 is 1.47 bits per heavy atom. The van der Waals surface area contributed by atoms with E-state index < -0.39 is 0 Å². The molecule has 17 heavy (non-hydrogen) atoms. The third-order valence-corrected chi connectivity index (χ3v) is 3.60. The average Bonchev–Trinajstić information content (AvgIpc) is 2.30. The predicted molar refractivity (Wildman–Crippen MR) is 72.0 cm³/mol. The van der Waals surface area contributed by atoms with Gasteiger partial charge in [0.05, 0.1) is 0 Å². The van der Waals surface area contributed by atoms with Gasteiger partial charge in [0.2, 0.25) is 5.69 Å². The summed E-state index contributed by atoms with van der Waals surface area (Å²) >= 11 is 0. The molecule has 1 aromatic carbocycles. The molecule has 0 radical (unpaired) electrons. The van der Waals surface area contributed by atoms with Crippen molar-refractivity contribution in [1.29, 1.82) is 0 Å². The number of hydrogen-bond donors (Lipinski definition) is 0. The lowest BCUT2D eigenvalue weighted by atomic mass is 10.0. The normalized spacial score (nSPS) is 10.6. The molecule has 0 amide bonds. The fourth-order valence-electron chi connectivity index (χ4n) is 2.16. The Kier molecular flexibility index (Phi) is 3.01. The topological polar surface area (TPSA) is 3.88 Å². The average molecular weight is 226 g/mol. The van der Waals surface area contributed by atoms with Crippen LogP contribution in [0.4, 0.5) is 0 Å². The maximum absolute atomic E-state index is 2.27. The lowest BCUT2D eigenvalue weighted by Gasteiger charge is -2.08. The number of aryl methyl sites for hydroxylation is 3. The zero-order valence-corrected chi connectivity index (χ0v) is 11.3. The van der Waals surface area contributed by atoms with Gasteiger partial charge in [-0.05, 0) is 38.5 Å². The predicted octanol–water partition coefficient (Wildman–Crippen LogP) is 3.41. The monoisotopic (exact) mass is 226 g/mol. The molecule has 88 valence electrons. The summed E-state index contributed by atoms with van der Waals surface area (Å²) in [4.78, 5) is 0. The van der Waals surface area contributed by atoms with Gasteiger partial charge in [-0.1, -0.05) is 17.7 Å². The smallest absolute Gasteiger partial charge is 0.198 e. The van der Waals surface area contributed by atoms with Crippen LogP contribution in [0.2, 0.25) is 0 Å². The van der Waals surface area contributed by atoms with Gasteiger partial charge in [0.1, 0.15) is 7.05 Å². The van der Waals surface area contributed by atoms with Crippen LogP contribution in [-0.4, -0.2) is 0 Å². The third-order valence-electron chi connectivity index (χ3n) is 3.60. The number of nitrogens with zero attached hydrogens (tertiary/aromatic N) is 1. The van der Waals surface area contributed by atoms with E-state index in [2.05, 4.69) is 69.6 Å². The van der Waals surface area contributed by atoms with E-state index in [0.29, 0.717) is 0 Å². The van der Waals surface area contributed by atoms with E-state index in [1.54, 1.807) is 0 Å². The van der Waals surface area contributed by atoms with Crippen molar-refractivity contribution in [3.05, 3.63) is 52.7 Å². The highest BCUT2D eigenvalue weighted by Crippen LogP contribution is 2.22. The quantitative estimate of drug-likeness (QED) is 0.656. The number of aromatic nitrogens is 1. The summed E-state index contributed by atoms with van der Waals surface area (Å²) in [6.07, 6.45) is 0. The fourth-order valence-corrected chi connectivity index (χ4v) is 2.16. The lowest BCUT2D eigenvalue weighted by Crippen LogP contribution is -2.35. The molecular formula is C16H20N+.